The Labute approximate surface area is 89.7 Å². The van der Waals surface area contributed by atoms with Crippen molar-refractivity contribution < 1.29 is 13.5 Å². The number of aryl methyl sites for hydroxylation is 1. The summed E-state index contributed by atoms with van der Waals surface area (Å²) in [6, 6.07) is 5.36. The monoisotopic (exact) mass is 226 g/mol. The first-order valence-electron chi connectivity index (χ1n) is 5.01. The summed E-state index contributed by atoms with van der Waals surface area (Å²) in [7, 11) is -3.02. The smallest absolute Gasteiger partial charge is 0.178 e. The molecule has 0 aliphatic carbocycles. The Morgan fingerprint density at radius 3 is 2.87 bits per heavy atom. The number of fused-ring (bicyclic) bond motifs is 1. The van der Waals surface area contributed by atoms with Gasteiger partial charge in [-0.25, -0.2) is 8.42 Å². The molecule has 1 aliphatic rings. The Morgan fingerprint density at radius 1 is 1.47 bits per heavy atom. The number of aliphatic hydroxyl groups is 1. The minimum absolute atomic E-state index is 0.0682. The van der Waals surface area contributed by atoms with Crippen LogP contribution in [0.3, 0.4) is 0 Å². The van der Waals surface area contributed by atoms with Crippen molar-refractivity contribution in [3.63, 3.8) is 0 Å². The maximum Gasteiger partial charge on any atom is 0.178 e. The summed E-state index contributed by atoms with van der Waals surface area (Å²) in [6.45, 7) is 2.01. The van der Waals surface area contributed by atoms with Crippen LogP contribution >= 0.6 is 0 Å². The molecule has 1 unspecified atom stereocenters. The Bertz CT molecular complexity index is 477. The first kappa shape index (κ1) is 10.6. The molecule has 0 bridgehead atoms. The number of hydrogen-bond acceptors (Lipinski definition) is 3. The highest BCUT2D eigenvalue weighted by Crippen LogP contribution is 2.28. The molecule has 15 heavy (non-hydrogen) atoms. The van der Waals surface area contributed by atoms with E-state index in [4.69, 9.17) is 5.11 Å². The van der Waals surface area contributed by atoms with Crippen LogP contribution in [0.2, 0.25) is 0 Å². The maximum atomic E-state index is 11.6. The van der Waals surface area contributed by atoms with Crippen LogP contribution in [-0.2, 0) is 16.3 Å². The molecule has 1 aliphatic heterocycles. The number of sulfone groups is 1. The molecule has 1 aromatic carbocycles. The second kappa shape index (κ2) is 3.61. The molecule has 1 N–H and O–H groups in total. The van der Waals surface area contributed by atoms with Crippen LogP contribution in [0, 0.1) is 0 Å². The molecule has 0 fully saturated rings. The van der Waals surface area contributed by atoms with Crippen molar-refractivity contribution in [3.8, 4) is 0 Å². The van der Waals surface area contributed by atoms with E-state index in [1.54, 1.807) is 12.1 Å². The van der Waals surface area contributed by atoms with E-state index in [0.717, 1.165) is 11.1 Å². The third-order valence-corrected chi connectivity index (χ3v) is 4.71. The Kier molecular flexibility index (Phi) is 2.56. The first-order valence-corrected chi connectivity index (χ1v) is 6.66. The van der Waals surface area contributed by atoms with Gasteiger partial charge in [-0.05, 0) is 23.6 Å². The van der Waals surface area contributed by atoms with Gasteiger partial charge >= 0.3 is 0 Å². The van der Waals surface area contributed by atoms with Crippen LogP contribution < -0.4 is 0 Å². The van der Waals surface area contributed by atoms with Gasteiger partial charge in [-0.15, -0.1) is 0 Å². The molecular weight excluding hydrogens is 212 g/mol. The van der Waals surface area contributed by atoms with Gasteiger partial charge in [0.15, 0.2) is 9.84 Å². The number of rotatable bonds is 2. The molecule has 4 heteroatoms. The summed E-state index contributed by atoms with van der Waals surface area (Å²) in [4.78, 5) is 0.469. The van der Waals surface area contributed by atoms with Crippen LogP contribution in [0.4, 0.5) is 0 Å². The van der Waals surface area contributed by atoms with E-state index >= 15 is 0 Å². The molecule has 0 saturated heterocycles. The largest absolute Gasteiger partial charge is 0.396 e. The molecule has 0 spiro atoms. The van der Waals surface area contributed by atoms with Crippen LogP contribution in [0.1, 0.15) is 24.0 Å². The highest BCUT2D eigenvalue weighted by molar-refractivity contribution is 7.91. The number of aliphatic hydroxyl groups excluding tert-OH is 1. The molecule has 0 radical (unpaired) electrons. The summed E-state index contributed by atoms with van der Waals surface area (Å²) >= 11 is 0. The van der Waals surface area contributed by atoms with Gasteiger partial charge in [0.1, 0.15) is 0 Å². The van der Waals surface area contributed by atoms with E-state index in [1.165, 1.54) is 0 Å². The Hall–Kier alpha value is -0.870. The Morgan fingerprint density at radius 2 is 2.20 bits per heavy atom. The van der Waals surface area contributed by atoms with E-state index in [9.17, 15) is 8.42 Å². The lowest BCUT2D eigenvalue weighted by atomic mass is 9.99. The molecule has 2 rings (SSSR count). The maximum absolute atomic E-state index is 11.6. The summed E-state index contributed by atoms with van der Waals surface area (Å²) < 4.78 is 23.1. The van der Waals surface area contributed by atoms with Gasteiger partial charge in [0.05, 0.1) is 10.6 Å². The summed E-state index contributed by atoms with van der Waals surface area (Å²) in [5.74, 6) is 0.290. The average Bonchev–Trinajstić information content (AvgIpc) is 2.53. The minimum atomic E-state index is -3.02. The van der Waals surface area contributed by atoms with Gasteiger partial charge in [-0.2, -0.15) is 0 Å². The second-order valence-electron chi connectivity index (χ2n) is 4.02. The van der Waals surface area contributed by atoms with E-state index in [1.807, 2.05) is 13.0 Å². The zero-order valence-electron chi connectivity index (χ0n) is 8.60. The van der Waals surface area contributed by atoms with Crippen molar-refractivity contribution in [2.75, 3.05) is 12.4 Å². The minimum Gasteiger partial charge on any atom is -0.396 e. The highest BCUT2D eigenvalue weighted by Gasteiger charge is 2.26. The molecule has 1 heterocycles. The first-order chi connectivity index (χ1) is 7.04. The Balaban J connectivity index is 2.46. The second-order valence-corrected chi connectivity index (χ2v) is 6.10. The highest BCUT2D eigenvalue weighted by atomic mass is 32.2. The SMILES string of the molecule is CC(CO)c1ccc2c(c1)CCS2(=O)=O. The third kappa shape index (κ3) is 1.79. The van der Waals surface area contributed by atoms with Crippen LogP contribution in [0.5, 0.6) is 0 Å². The van der Waals surface area contributed by atoms with Gasteiger partial charge in [-0.1, -0.05) is 19.1 Å². The quantitative estimate of drug-likeness (QED) is 0.822. The molecule has 1 aromatic rings. The fourth-order valence-electron chi connectivity index (χ4n) is 1.86. The number of benzene rings is 1. The molecule has 82 valence electrons. The molecule has 1 atom stereocenters. The van der Waals surface area contributed by atoms with Gasteiger partial charge in [-0.3, -0.25) is 0 Å². The normalized spacial score (nSPS) is 19.9. The molecule has 0 saturated carbocycles. The van der Waals surface area contributed by atoms with E-state index in [2.05, 4.69) is 0 Å². The van der Waals surface area contributed by atoms with Gasteiger partial charge in [0.25, 0.3) is 0 Å². The lowest BCUT2D eigenvalue weighted by molar-refractivity contribution is 0.273. The van der Waals surface area contributed by atoms with Crippen molar-refractivity contribution in [3.05, 3.63) is 29.3 Å². The van der Waals surface area contributed by atoms with E-state index < -0.39 is 9.84 Å². The third-order valence-electron chi connectivity index (χ3n) is 2.90. The average molecular weight is 226 g/mol. The lowest BCUT2D eigenvalue weighted by Crippen LogP contribution is -2.01. The van der Waals surface area contributed by atoms with Crippen LogP contribution in [-0.4, -0.2) is 25.9 Å². The van der Waals surface area contributed by atoms with Gasteiger partial charge in [0.2, 0.25) is 0 Å². The fraction of sp³-hybridized carbons (Fsp3) is 0.455. The van der Waals surface area contributed by atoms with E-state index in [-0.39, 0.29) is 18.3 Å². The standard InChI is InChI=1S/C11H14O3S/c1-8(7-12)9-2-3-11-10(6-9)4-5-15(11,13)14/h2-3,6,8,12H,4-5,7H2,1H3. The predicted molar refractivity (Wildman–Crippen MR) is 57.7 cm³/mol. The topological polar surface area (TPSA) is 54.4 Å². The van der Waals surface area contributed by atoms with Crippen LogP contribution in [0.25, 0.3) is 0 Å². The summed E-state index contributed by atoms with van der Waals surface area (Å²) in [6.07, 6.45) is 0.601. The molecular formula is C11H14O3S. The molecule has 0 amide bonds. The zero-order chi connectivity index (χ0) is 11.1. The van der Waals surface area contributed by atoms with E-state index in [0.29, 0.717) is 11.3 Å². The van der Waals surface area contributed by atoms with Crippen molar-refractivity contribution in [1.29, 1.82) is 0 Å². The molecule has 0 aromatic heterocycles. The van der Waals surface area contributed by atoms with Crippen LogP contribution in [0.15, 0.2) is 23.1 Å². The summed E-state index contributed by atoms with van der Waals surface area (Å²) in [5, 5.41) is 9.02. The van der Waals surface area contributed by atoms with Crippen molar-refractivity contribution in [1.82, 2.24) is 0 Å². The molecule has 3 nitrogen and oxygen atoms in total. The van der Waals surface area contributed by atoms with Gasteiger partial charge in [0, 0.05) is 12.5 Å². The van der Waals surface area contributed by atoms with Gasteiger partial charge < -0.3 is 5.11 Å². The fourth-order valence-corrected chi connectivity index (χ4v) is 3.41. The van der Waals surface area contributed by atoms with Crippen molar-refractivity contribution in [2.24, 2.45) is 0 Å². The predicted octanol–water partition coefficient (Wildman–Crippen LogP) is 1.11. The lowest BCUT2D eigenvalue weighted by Gasteiger charge is -2.09. The van der Waals surface area contributed by atoms with Crippen molar-refractivity contribution >= 4 is 9.84 Å². The number of hydrogen-bond donors (Lipinski definition) is 1. The van der Waals surface area contributed by atoms with Crippen molar-refractivity contribution in [2.45, 2.75) is 24.2 Å². The zero-order valence-corrected chi connectivity index (χ0v) is 9.42. The summed E-state index contributed by atoms with van der Waals surface area (Å²) in [5.41, 5.74) is 1.90.